The lowest BCUT2D eigenvalue weighted by molar-refractivity contribution is -0.148. The Morgan fingerprint density at radius 3 is 2.76 bits per heavy atom. The summed E-state index contributed by atoms with van der Waals surface area (Å²) in [6, 6.07) is 1.85. The largest absolute Gasteiger partial charge is 0.345 e. The van der Waals surface area contributed by atoms with Gasteiger partial charge in [-0.25, -0.2) is 0 Å². The summed E-state index contributed by atoms with van der Waals surface area (Å²) >= 11 is 1.67. The molecule has 0 aromatic carbocycles. The molecule has 2 amide bonds. The van der Waals surface area contributed by atoms with Crippen molar-refractivity contribution in [2.24, 2.45) is 5.92 Å². The van der Waals surface area contributed by atoms with Crippen molar-refractivity contribution in [3.8, 4) is 0 Å². The molecule has 5 heteroatoms. The summed E-state index contributed by atoms with van der Waals surface area (Å²) in [4.78, 5) is 26.4. The van der Waals surface area contributed by atoms with E-state index < -0.39 is 0 Å². The first-order chi connectivity index (χ1) is 10.3. The number of nitrogens with one attached hydrogen (secondary N) is 1. The van der Waals surface area contributed by atoms with Crippen LogP contribution in [0.15, 0.2) is 16.8 Å². The molecule has 2 aliphatic rings. The maximum atomic E-state index is 12.3. The molecular weight excluding hydrogens is 284 g/mol. The number of amides is 2. The highest BCUT2D eigenvalue weighted by Crippen LogP contribution is 2.30. The highest BCUT2D eigenvalue weighted by molar-refractivity contribution is 7.07. The van der Waals surface area contributed by atoms with Gasteiger partial charge in [-0.3, -0.25) is 9.59 Å². The van der Waals surface area contributed by atoms with Crippen LogP contribution in [-0.4, -0.2) is 35.8 Å². The predicted octanol–water partition coefficient (Wildman–Crippen LogP) is 2.20. The van der Waals surface area contributed by atoms with E-state index in [1.807, 2.05) is 4.90 Å². The molecule has 114 valence electrons. The van der Waals surface area contributed by atoms with Gasteiger partial charge in [-0.05, 0) is 47.6 Å². The molecule has 1 saturated heterocycles. The molecule has 1 saturated carbocycles. The fraction of sp³-hybridized carbons (Fsp3) is 0.625. The third-order valence-corrected chi connectivity index (χ3v) is 5.39. The molecule has 0 spiro atoms. The van der Waals surface area contributed by atoms with Gasteiger partial charge in [0.1, 0.15) is 6.04 Å². The predicted molar refractivity (Wildman–Crippen MR) is 83.1 cm³/mol. The van der Waals surface area contributed by atoms with Crippen LogP contribution >= 0.6 is 11.3 Å². The van der Waals surface area contributed by atoms with E-state index in [1.54, 1.807) is 11.3 Å². The number of piperazine rings is 1. The van der Waals surface area contributed by atoms with Crippen LogP contribution in [-0.2, 0) is 16.0 Å². The molecule has 1 atom stereocenters. The summed E-state index contributed by atoms with van der Waals surface area (Å²) in [5.41, 5.74) is 1.25. The molecule has 1 aliphatic carbocycles. The fourth-order valence-electron chi connectivity index (χ4n) is 3.53. The second kappa shape index (κ2) is 6.60. The smallest absolute Gasteiger partial charge is 0.243 e. The van der Waals surface area contributed by atoms with Crippen LogP contribution in [0.3, 0.4) is 0 Å². The number of hydrogen-bond donors (Lipinski definition) is 1. The highest BCUT2D eigenvalue weighted by atomic mass is 32.1. The van der Waals surface area contributed by atoms with Gasteiger partial charge in [0.15, 0.2) is 0 Å². The zero-order valence-corrected chi connectivity index (χ0v) is 13.0. The molecule has 1 aromatic rings. The number of carbonyl (C=O) groups is 2. The zero-order valence-electron chi connectivity index (χ0n) is 12.2. The minimum absolute atomic E-state index is 0.0480. The van der Waals surface area contributed by atoms with Gasteiger partial charge in [-0.1, -0.05) is 19.3 Å². The Balaban J connectivity index is 1.71. The molecule has 3 rings (SSSR count). The second-order valence-electron chi connectivity index (χ2n) is 6.03. The summed E-state index contributed by atoms with van der Waals surface area (Å²) in [6.07, 6.45) is 6.60. The number of nitrogens with zero attached hydrogens (tertiary/aromatic N) is 1. The van der Waals surface area contributed by atoms with E-state index in [0.29, 0.717) is 12.5 Å². The first-order valence-electron chi connectivity index (χ1n) is 7.84. The lowest BCUT2D eigenvalue weighted by Crippen LogP contribution is -2.61. The van der Waals surface area contributed by atoms with E-state index >= 15 is 0 Å². The van der Waals surface area contributed by atoms with Crippen molar-refractivity contribution < 1.29 is 9.59 Å². The van der Waals surface area contributed by atoms with Crippen molar-refractivity contribution in [1.82, 2.24) is 10.2 Å². The quantitative estimate of drug-likeness (QED) is 0.927. The number of carbonyl (C=O) groups excluding carboxylic acids is 2. The average Bonchev–Trinajstić information content (AvgIpc) is 3.02. The van der Waals surface area contributed by atoms with E-state index in [2.05, 4.69) is 22.1 Å². The van der Waals surface area contributed by atoms with E-state index in [4.69, 9.17) is 0 Å². The zero-order chi connectivity index (χ0) is 14.7. The molecule has 1 aromatic heterocycles. The van der Waals surface area contributed by atoms with Gasteiger partial charge in [0.05, 0.1) is 6.54 Å². The molecule has 21 heavy (non-hydrogen) atoms. The van der Waals surface area contributed by atoms with Gasteiger partial charge in [-0.15, -0.1) is 0 Å². The van der Waals surface area contributed by atoms with Crippen LogP contribution in [0, 0.1) is 5.92 Å². The van der Waals surface area contributed by atoms with Crippen molar-refractivity contribution in [2.45, 2.75) is 44.6 Å². The second-order valence-corrected chi connectivity index (χ2v) is 6.81. The number of rotatable bonds is 4. The maximum absolute atomic E-state index is 12.3. The fourth-order valence-corrected chi connectivity index (χ4v) is 4.24. The highest BCUT2D eigenvalue weighted by Gasteiger charge is 2.39. The van der Waals surface area contributed by atoms with E-state index in [-0.39, 0.29) is 24.4 Å². The van der Waals surface area contributed by atoms with Crippen LogP contribution in [0.25, 0.3) is 0 Å². The summed E-state index contributed by atoms with van der Waals surface area (Å²) in [7, 11) is 0. The van der Waals surface area contributed by atoms with Crippen LogP contribution < -0.4 is 5.32 Å². The SMILES string of the molecule is O=C1NCC(=O)N(CCc2ccsc2)C1C1CCCCC1. The van der Waals surface area contributed by atoms with E-state index in [0.717, 1.165) is 19.3 Å². The molecule has 4 nitrogen and oxygen atoms in total. The Kier molecular flexibility index (Phi) is 4.58. The molecule has 0 radical (unpaired) electrons. The van der Waals surface area contributed by atoms with Gasteiger partial charge in [0, 0.05) is 6.54 Å². The lowest BCUT2D eigenvalue weighted by Gasteiger charge is -2.40. The van der Waals surface area contributed by atoms with Gasteiger partial charge >= 0.3 is 0 Å². The number of thiophene rings is 1. The minimum atomic E-state index is -0.245. The van der Waals surface area contributed by atoms with Crippen LogP contribution in [0.5, 0.6) is 0 Å². The first-order valence-corrected chi connectivity index (χ1v) is 8.78. The summed E-state index contributed by atoms with van der Waals surface area (Å²) < 4.78 is 0. The molecular formula is C16H22N2O2S. The van der Waals surface area contributed by atoms with Crippen molar-refractivity contribution in [3.63, 3.8) is 0 Å². The normalized spacial score (nSPS) is 24.2. The van der Waals surface area contributed by atoms with Crippen molar-refractivity contribution in [1.29, 1.82) is 0 Å². The minimum Gasteiger partial charge on any atom is -0.345 e. The van der Waals surface area contributed by atoms with E-state index in [9.17, 15) is 9.59 Å². The Bertz CT molecular complexity index is 494. The summed E-state index contributed by atoms with van der Waals surface area (Å²) in [5.74, 6) is 0.456. The Morgan fingerprint density at radius 1 is 1.24 bits per heavy atom. The van der Waals surface area contributed by atoms with Gasteiger partial charge in [0.2, 0.25) is 11.8 Å². The monoisotopic (exact) mass is 306 g/mol. The Hall–Kier alpha value is -1.36. The van der Waals surface area contributed by atoms with Crippen molar-refractivity contribution >= 4 is 23.2 Å². The van der Waals surface area contributed by atoms with Gasteiger partial charge < -0.3 is 10.2 Å². The third kappa shape index (κ3) is 3.28. The molecule has 1 unspecified atom stereocenters. The molecule has 0 bridgehead atoms. The third-order valence-electron chi connectivity index (χ3n) is 4.66. The van der Waals surface area contributed by atoms with Crippen molar-refractivity contribution in [3.05, 3.63) is 22.4 Å². The maximum Gasteiger partial charge on any atom is 0.243 e. The summed E-state index contributed by atoms with van der Waals surface area (Å²) in [6.45, 7) is 0.815. The average molecular weight is 306 g/mol. The molecule has 2 fully saturated rings. The lowest BCUT2D eigenvalue weighted by atomic mass is 9.82. The standard InChI is InChI=1S/C16H22N2O2S/c19-14-10-17-16(20)15(13-4-2-1-3-5-13)18(14)8-6-12-7-9-21-11-12/h7,9,11,13,15H,1-6,8,10H2,(H,17,20). The van der Waals surface area contributed by atoms with Crippen LogP contribution in [0.1, 0.15) is 37.7 Å². The van der Waals surface area contributed by atoms with Gasteiger partial charge in [0.25, 0.3) is 0 Å². The molecule has 1 N–H and O–H groups in total. The summed E-state index contributed by atoms with van der Waals surface area (Å²) in [5, 5.41) is 6.94. The first kappa shape index (κ1) is 14.6. The topological polar surface area (TPSA) is 49.4 Å². The van der Waals surface area contributed by atoms with Gasteiger partial charge in [-0.2, -0.15) is 11.3 Å². The molecule has 2 heterocycles. The van der Waals surface area contributed by atoms with Crippen LogP contribution in [0.4, 0.5) is 0 Å². The Morgan fingerprint density at radius 2 is 2.05 bits per heavy atom. The van der Waals surface area contributed by atoms with Crippen LogP contribution in [0.2, 0.25) is 0 Å². The van der Waals surface area contributed by atoms with Crippen molar-refractivity contribution in [2.75, 3.05) is 13.1 Å². The van der Waals surface area contributed by atoms with E-state index in [1.165, 1.54) is 24.8 Å². The Labute approximate surface area is 129 Å². The number of hydrogen-bond acceptors (Lipinski definition) is 3. The molecule has 1 aliphatic heterocycles.